The van der Waals surface area contributed by atoms with Gasteiger partial charge in [-0.25, -0.2) is 4.79 Å². The van der Waals surface area contributed by atoms with E-state index >= 15 is 0 Å². The molecule has 0 aliphatic heterocycles. The van der Waals surface area contributed by atoms with E-state index in [1.54, 1.807) is 20.8 Å². The molecule has 0 bridgehead atoms. The highest BCUT2D eigenvalue weighted by molar-refractivity contribution is 5.81. The van der Waals surface area contributed by atoms with E-state index < -0.39 is 17.4 Å². The summed E-state index contributed by atoms with van der Waals surface area (Å²) in [7, 11) is 0. The first-order chi connectivity index (χ1) is 10.3. The molecule has 0 aliphatic rings. The average Bonchev–Trinajstić information content (AvgIpc) is 2.51. The molecule has 0 atom stereocenters. The second-order valence-corrected chi connectivity index (χ2v) is 4.68. The molecule has 0 heterocycles. The molecule has 132 valence electrons. The fourth-order valence-corrected chi connectivity index (χ4v) is 1.33. The van der Waals surface area contributed by atoms with E-state index in [0.717, 1.165) is 6.08 Å². The topological polar surface area (TPSA) is 105 Å². The van der Waals surface area contributed by atoms with E-state index in [2.05, 4.69) is 6.58 Å². The summed E-state index contributed by atoms with van der Waals surface area (Å²) in [5.41, 5.74) is -0.667. The maximum atomic E-state index is 10.9. The van der Waals surface area contributed by atoms with Crippen LogP contribution in [-0.4, -0.2) is 60.3 Å². The highest BCUT2D eigenvalue weighted by Gasteiger charge is 2.29. The summed E-state index contributed by atoms with van der Waals surface area (Å²) in [5, 5.41) is 26.0. The van der Waals surface area contributed by atoms with Crippen molar-refractivity contribution < 1.29 is 34.3 Å². The summed E-state index contributed by atoms with van der Waals surface area (Å²) >= 11 is 0. The number of carbonyl (C=O) groups excluding carboxylic acids is 1. The second kappa shape index (κ2) is 12.5. The number of ether oxygens (including phenoxy) is 3. The van der Waals surface area contributed by atoms with E-state index in [1.165, 1.54) is 0 Å². The SMILES string of the molecule is C=CC(=O)OC(C)(OCC)OCC.CCC(CO)(CO)CO. The Kier molecular flexibility index (Phi) is 13.3. The van der Waals surface area contributed by atoms with Crippen LogP contribution in [0.3, 0.4) is 0 Å². The molecular formula is C15H30O7. The van der Waals surface area contributed by atoms with Crippen LogP contribution in [0.25, 0.3) is 0 Å². The molecule has 0 rings (SSSR count). The first-order valence-electron chi connectivity index (χ1n) is 7.28. The molecule has 0 aliphatic carbocycles. The van der Waals surface area contributed by atoms with Crippen molar-refractivity contribution in [3.8, 4) is 0 Å². The van der Waals surface area contributed by atoms with Crippen LogP contribution in [0, 0.1) is 5.41 Å². The molecule has 0 aromatic heterocycles. The maximum Gasteiger partial charge on any atom is 0.334 e. The first-order valence-corrected chi connectivity index (χ1v) is 7.28. The summed E-state index contributed by atoms with van der Waals surface area (Å²) < 4.78 is 15.1. The summed E-state index contributed by atoms with van der Waals surface area (Å²) in [4.78, 5) is 10.9. The van der Waals surface area contributed by atoms with Gasteiger partial charge < -0.3 is 29.5 Å². The van der Waals surface area contributed by atoms with Crippen LogP contribution < -0.4 is 0 Å². The van der Waals surface area contributed by atoms with Crippen LogP contribution in [0.15, 0.2) is 12.7 Å². The average molecular weight is 322 g/mol. The number of hydrogen-bond donors (Lipinski definition) is 3. The van der Waals surface area contributed by atoms with Gasteiger partial charge in [0.1, 0.15) is 0 Å². The van der Waals surface area contributed by atoms with E-state index in [9.17, 15) is 4.79 Å². The molecule has 0 aromatic carbocycles. The van der Waals surface area contributed by atoms with Gasteiger partial charge in [0.2, 0.25) is 0 Å². The molecule has 7 nitrogen and oxygen atoms in total. The van der Waals surface area contributed by atoms with Gasteiger partial charge in [-0.1, -0.05) is 13.5 Å². The van der Waals surface area contributed by atoms with Crippen molar-refractivity contribution in [3.63, 3.8) is 0 Å². The highest BCUT2D eigenvalue weighted by Crippen LogP contribution is 2.18. The molecule has 0 spiro atoms. The molecule has 0 unspecified atom stereocenters. The van der Waals surface area contributed by atoms with E-state index in [4.69, 9.17) is 29.5 Å². The lowest BCUT2D eigenvalue weighted by atomic mass is 9.88. The molecule has 0 fully saturated rings. The molecule has 0 saturated heterocycles. The Morgan fingerprint density at radius 1 is 1.05 bits per heavy atom. The smallest absolute Gasteiger partial charge is 0.334 e. The predicted octanol–water partition coefficient (Wildman–Crippen LogP) is 0.822. The molecule has 0 saturated carbocycles. The van der Waals surface area contributed by atoms with Crippen LogP contribution in [0.4, 0.5) is 0 Å². The van der Waals surface area contributed by atoms with E-state index in [-0.39, 0.29) is 19.8 Å². The fraction of sp³-hybridized carbons (Fsp3) is 0.800. The van der Waals surface area contributed by atoms with Gasteiger partial charge in [0.15, 0.2) is 0 Å². The number of aliphatic hydroxyl groups is 3. The fourth-order valence-electron chi connectivity index (χ4n) is 1.33. The van der Waals surface area contributed by atoms with Gasteiger partial charge in [-0.3, -0.25) is 0 Å². The monoisotopic (exact) mass is 322 g/mol. The van der Waals surface area contributed by atoms with Crippen LogP contribution in [0.5, 0.6) is 0 Å². The van der Waals surface area contributed by atoms with Crippen LogP contribution in [0.2, 0.25) is 0 Å². The van der Waals surface area contributed by atoms with Crippen molar-refractivity contribution >= 4 is 5.97 Å². The van der Waals surface area contributed by atoms with Crippen molar-refractivity contribution in [2.75, 3.05) is 33.0 Å². The van der Waals surface area contributed by atoms with Crippen LogP contribution in [-0.2, 0) is 19.0 Å². The van der Waals surface area contributed by atoms with Crippen molar-refractivity contribution in [1.82, 2.24) is 0 Å². The largest absolute Gasteiger partial charge is 0.405 e. The van der Waals surface area contributed by atoms with Crippen LogP contribution in [0.1, 0.15) is 34.1 Å². The predicted molar refractivity (Wildman–Crippen MR) is 81.9 cm³/mol. The normalized spacial score (nSPS) is 11.4. The molecule has 3 N–H and O–H groups in total. The number of esters is 1. The van der Waals surface area contributed by atoms with Crippen molar-refractivity contribution in [3.05, 3.63) is 12.7 Å². The lowest BCUT2D eigenvalue weighted by Crippen LogP contribution is -2.37. The van der Waals surface area contributed by atoms with Gasteiger partial charge in [0.25, 0.3) is 0 Å². The zero-order valence-corrected chi connectivity index (χ0v) is 14.0. The third kappa shape index (κ3) is 9.11. The van der Waals surface area contributed by atoms with Gasteiger partial charge in [-0.05, 0) is 20.3 Å². The summed E-state index contributed by atoms with van der Waals surface area (Å²) in [6.07, 6.45) is 1.66. The van der Waals surface area contributed by atoms with Gasteiger partial charge >= 0.3 is 11.9 Å². The Balaban J connectivity index is 0. The molecule has 7 heteroatoms. The Morgan fingerprint density at radius 2 is 1.45 bits per heavy atom. The highest BCUT2D eigenvalue weighted by atomic mass is 16.9. The number of hydrogen-bond acceptors (Lipinski definition) is 7. The third-order valence-corrected chi connectivity index (χ3v) is 3.02. The molecule has 0 aromatic rings. The van der Waals surface area contributed by atoms with Crippen molar-refractivity contribution in [2.24, 2.45) is 5.41 Å². The maximum absolute atomic E-state index is 10.9. The Labute approximate surface area is 132 Å². The van der Waals surface area contributed by atoms with Gasteiger partial charge in [0, 0.05) is 18.4 Å². The Morgan fingerprint density at radius 3 is 1.64 bits per heavy atom. The first kappa shape index (κ1) is 23.3. The van der Waals surface area contributed by atoms with E-state index in [1.807, 2.05) is 6.92 Å². The number of carbonyl (C=O) groups is 1. The minimum atomic E-state index is -1.30. The molecule has 0 radical (unpaired) electrons. The summed E-state index contributed by atoms with van der Waals surface area (Å²) in [5.74, 6) is -1.86. The zero-order valence-electron chi connectivity index (χ0n) is 14.0. The number of aliphatic hydroxyl groups excluding tert-OH is 3. The van der Waals surface area contributed by atoms with Crippen molar-refractivity contribution in [2.45, 2.75) is 40.1 Å². The van der Waals surface area contributed by atoms with Gasteiger partial charge in [0.05, 0.1) is 33.0 Å². The second-order valence-electron chi connectivity index (χ2n) is 4.68. The quantitative estimate of drug-likeness (QED) is 0.311. The molecular weight excluding hydrogens is 292 g/mol. The molecule has 0 amide bonds. The summed E-state index contributed by atoms with van der Waals surface area (Å²) in [6, 6.07) is 0. The lowest BCUT2D eigenvalue weighted by Gasteiger charge is -2.27. The van der Waals surface area contributed by atoms with E-state index in [0.29, 0.717) is 19.6 Å². The Bertz CT molecular complexity index is 277. The zero-order chi connectivity index (χ0) is 17.6. The minimum Gasteiger partial charge on any atom is -0.405 e. The van der Waals surface area contributed by atoms with Crippen LogP contribution >= 0.6 is 0 Å². The van der Waals surface area contributed by atoms with Gasteiger partial charge in [-0.15, -0.1) is 0 Å². The third-order valence-electron chi connectivity index (χ3n) is 3.02. The molecule has 22 heavy (non-hydrogen) atoms. The minimum absolute atomic E-state index is 0.156. The number of rotatable bonds is 10. The van der Waals surface area contributed by atoms with Gasteiger partial charge in [-0.2, -0.15) is 0 Å². The Hall–Kier alpha value is -0.990. The summed E-state index contributed by atoms with van der Waals surface area (Å²) in [6.45, 7) is 10.6. The lowest BCUT2D eigenvalue weighted by molar-refractivity contribution is -0.347. The standard InChI is InChI=1S/C9H16O4.C6H14O3/c1-5-8(10)13-9(4,11-6-2)12-7-3;1-2-6(3-7,4-8)5-9/h5H,1,6-7H2,2-4H3;7-9H,2-5H2,1H3. The van der Waals surface area contributed by atoms with Crippen molar-refractivity contribution in [1.29, 1.82) is 0 Å².